The summed E-state index contributed by atoms with van der Waals surface area (Å²) >= 11 is 0. The fourth-order valence-corrected chi connectivity index (χ4v) is 3.61. The highest BCUT2D eigenvalue weighted by atomic mass is 19.1. The number of urea groups is 1. The van der Waals surface area contributed by atoms with Gasteiger partial charge in [0.2, 0.25) is 5.91 Å². The molecule has 2 saturated heterocycles. The van der Waals surface area contributed by atoms with Crippen molar-refractivity contribution in [3.63, 3.8) is 0 Å². The van der Waals surface area contributed by atoms with Crippen LogP contribution in [0.3, 0.4) is 0 Å². The highest BCUT2D eigenvalue weighted by molar-refractivity contribution is 6.07. The molecule has 25 heavy (non-hydrogen) atoms. The maximum Gasteiger partial charge on any atom is 0.322 e. The van der Waals surface area contributed by atoms with E-state index in [1.807, 2.05) is 0 Å². The van der Waals surface area contributed by atoms with Crippen LogP contribution in [0.2, 0.25) is 0 Å². The molecule has 0 spiro atoms. The van der Waals surface area contributed by atoms with Gasteiger partial charge in [0.15, 0.2) is 0 Å². The molecule has 1 atom stereocenters. The van der Waals surface area contributed by atoms with E-state index in [1.165, 1.54) is 12.1 Å². The molecule has 1 aromatic rings. The molecule has 4 amide bonds. The maximum absolute atomic E-state index is 12.9. The van der Waals surface area contributed by atoms with Crippen LogP contribution in [-0.2, 0) is 16.0 Å². The number of halogens is 1. The largest absolute Gasteiger partial charge is 0.343 e. The van der Waals surface area contributed by atoms with E-state index in [0.717, 1.165) is 5.56 Å². The van der Waals surface area contributed by atoms with E-state index in [4.69, 9.17) is 0 Å². The van der Waals surface area contributed by atoms with Crippen LogP contribution in [0.5, 0.6) is 0 Å². The number of nitrogens with one attached hydrogen (secondary N) is 2. The van der Waals surface area contributed by atoms with Crippen molar-refractivity contribution in [2.24, 2.45) is 5.92 Å². The van der Waals surface area contributed by atoms with E-state index in [0.29, 0.717) is 38.8 Å². The number of benzene rings is 1. The molecule has 2 heterocycles. The SMILES string of the molecule is C[C@@]1(C2CCN(C(=O)CCc3ccc(F)cc3)CC2)NC(=O)NC1=O. The zero-order valence-electron chi connectivity index (χ0n) is 14.2. The number of hydrogen-bond donors (Lipinski definition) is 2. The summed E-state index contributed by atoms with van der Waals surface area (Å²) in [5.74, 6) is -0.500. The first kappa shape index (κ1) is 17.4. The minimum Gasteiger partial charge on any atom is -0.343 e. The fraction of sp³-hybridized carbons (Fsp3) is 0.500. The third-order valence-corrected chi connectivity index (χ3v) is 5.28. The Morgan fingerprint density at radius 3 is 2.44 bits per heavy atom. The van der Waals surface area contributed by atoms with E-state index in [-0.39, 0.29) is 23.5 Å². The molecule has 134 valence electrons. The molecule has 2 aliphatic rings. The number of carbonyl (C=O) groups is 3. The molecular formula is C18H22FN3O3. The Morgan fingerprint density at radius 1 is 1.24 bits per heavy atom. The van der Waals surface area contributed by atoms with Crippen molar-refractivity contribution >= 4 is 17.8 Å². The fourth-order valence-electron chi connectivity index (χ4n) is 3.61. The normalized spacial score (nSPS) is 24.2. The van der Waals surface area contributed by atoms with E-state index in [2.05, 4.69) is 10.6 Å². The van der Waals surface area contributed by atoms with E-state index < -0.39 is 11.6 Å². The first-order valence-corrected chi connectivity index (χ1v) is 8.54. The average molecular weight is 347 g/mol. The Bertz CT molecular complexity index is 683. The number of aryl methyl sites for hydroxylation is 1. The van der Waals surface area contributed by atoms with Gasteiger partial charge in [0.25, 0.3) is 5.91 Å². The second-order valence-corrected chi connectivity index (χ2v) is 6.89. The van der Waals surface area contributed by atoms with Crippen LogP contribution < -0.4 is 10.6 Å². The third kappa shape index (κ3) is 3.65. The summed E-state index contributed by atoms with van der Waals surface area (Å²) in [6.07, 6.45) is 2.30. The minimum absolute atomic E-state index is 0.0140. The molecule has 3 rings (SSSR count). The molecule has 1 aromatic carbocycles. The van der Waals surface area contributed by atoms with Gasteiger partial charge >= 0.3 is 6.03 Å². The lowest BCUT2D eigenvalue weighted by molar-refractivity contribution is -0.133. The zero-order valence-corrected chi connectivity index (χ0v) is 14.2. The lowest BCUT2D eigenvalue weighted by Crippen LogP contribution is -2.54. The molecule has 2 N–H and O–H groups in total. The predicted octanol–water partition coefficient (Wildman–Crippen LogP) is 1.59. The number of likely N-dealkylation sites (tertiary alicyclic amines) is 1. The highest BCUT2D eigenvalue weighted by Gasteiger charge is 2.48. The van der Waals surface area contributed by atoms with Crippen LogP contribution in [0.4, 0.5) is 9.18 Å². The van der Waals surface area contributed by atoms with Gasteiger partial charge < -0.3 is 10.2 Å². The molecule has 6 nitrogen and oxygen atoms in total. The lowest BCUT2D eigenvalue weighted by Gasteiger charge is -2.38. The van der Waals surface area contributed by atoms with Gasteiger partial charge in [-0.25, -0.2) is 9.18 Å². The third-order valence-electron chi connectivity index (χ3n) is 5.28. The summed E-state index contributed by atoms with van der Waals surface area (Å²) in [5.41, 5.74) is 0.0443. The second kappa shape index (κ2) is 6.82. The quantitative estimate of drug-likeness (QED) is 0.812. The molecular weight excluding hydrogens is 325 g/mol. The summed E-state index contributed by atoms with van der Waals surface area (Å²) < 4.78 is 12.9. The first-order chi connectivity index (χ1) is 11.9. The van der Waals surface area contributed by atoms with Crippen molar-refractivity contribution < 1.29 is 18.8 Å². The average Bonchev–Trinajstić information content (AvgIpc) is 2.87. The Labute approximate surface area is 145 Å². The summed E-state index contributed by atoms with van der Waals surface area (Å²) in [5, 5.41) is 5.00. The van der Waals surface area contributed by atoms with Crippen LogP contribution in [0.15, 0.2) is 24.3 Å². The van der Waals surface area contributed by atoms with Gasteiger partial charge in [0, 0.05) is 19.5 Å². The smallest absolute Gasteiger partial charge is 0.322 e. The van der Waals surface area contributed by atoms with Crippen LogP contribution in [0, 0.1) is 11.7 Å². The summed E-state index contributed by atoms with van der Waals surface area (Å²) in [6, 6.07) is 5.72. The molecule has 7 heteroatoms. The van der Waals surface area contributed by atoms with Crippen molar-refractivity contribution in [1.82, 2.24) is 15.5 Å². The van der Waals surface area contributed by atoms with E-state index in [1.54, 1.807) is 24.0 Å². The monoisotopic (exact) mass is 347 g/mol. The molecule has 0 aliphatic carbocycles. The summed E-state index contributed by atoms with van der Waals surface area (Å²) in [7, 11) is 0. The lowest BCUT2D eigenvalue weighted by atomic mass is 9.79. The van der Waals surface area contributed by atoms with Gasteiger partial charge in [-0.15, -0.1) is 0 Å². The first-order valence-electron chi connectivity index (χ1n) is 8.54. The van der Waals surface area contributed by atoms with Gasteiger partial charge in [0.05, 0.1) is 0 Å². The molecule has 2 aliphatic heterocycles. The Morgan fingerprint density at radius 2 is 1.88 bits per heavy atom. The maximum atomic E-state index is 12.9. The van der Waals surface area contributed by atoms with Crippen molar-refractivity contribution in [3.05, 3.63) is 35.6 Å². The molecule has 2 fully saturated rings. The van der Waals surface area contributed by atoms with E-state index in [9.17, 15) is 18.8 Å². The minimum atomic E-state index is -0.889. The van der Waals surface area contributed by atoms with Crippen molar-refractivity contribution in [2.45, 2.75) is 38.1 Å². The number of carbonyl (C=O) groups excluding carboxylic acids is 3. The van der Waals surface area contributed by atoms with Crippen LogP contribution in [0.1, 0.15) is 31.7 Å². The van der Waals surface area contributed by atoms with Gasteiger partial charge in [-0.05, 0) is 49.8 Å². The Balaban J connectivity index is 1.50. The highest BCUT2D eigenvalue weighted by Crippen LogP contribution is 2.30. The van der Waals surface area contributed by atoms with Crippen molar-refractivity contribution in [2.75, 3.05) is 13.1 Å². The number of imide groups is 1. The van der Waals surface area contributed by atoms with Gasteiger partial charge in [-0.2, -0.15) is 0 Å². The standard InChI is InChI=1S/C18H22FN3O3/c1-18(16(24)20-17(25)21-18)13-8-10-22(11-9-13)15(23)7-4-12-2-5-14(19)6-3-12/h2-3,5-6,13H,4,7-11H2,1H3,(H2,20,21,24,25)/t18-/m0/s1. The van der Waals surface area contributed by atoms with Crippen LogP contribution in [-0.4, -0.2) is 41.4 Å². The Hall–Kier alpha value is -2.44. The molecule has 0 aromatic heterocycles. The second-order valence-electron chi connectivity index (χ2n) is 6.89. The number of amides is 4. The van der Waals surface area contributed by atoms with Crippen LogP contribution >= 0.6 is 0 Å². The number of hydrogen-bond acceptors (Lipinski definition) is 3. The summed E-state index contributed by atoms with van der Waals surface area (Å²) in [6.45, 7) is 2.89. The topological polar surface area (TPSA) is 78.5 Å². The molecule has 0 radical (unpaired) electrons. The Kier molecular flexibility index (Phi) is 4.74. The molecule has 0 unspecified atom stereocenters. The predicted molar refractivity (Wildman–Crippen MR) is 89.1 cm³/mol. The van der Waals surface area contributed by atoms with Gasteiger partial charge in [-0.3, -0.25) is 14.9 Å². The van der Waals surface area contributed by atoms with E-state index >= 15 is 0 Å². The molecule has 0 bridgehead atoms. The zero-order chi connectivity index (χ0) is 18.0. The summed E-state index contributed by atoms with van der Waals surface area (Å²) in [4.78, 5) is 37.6. The van der Waals surface area contributed by atoms with Crippen LogP contribution in [0.25, 0.3) is 0 Å². The molecule has 0 saturated carbocycles. The number of piperidine rings is 1. The van der Waals surface area contributed by atoms with Crippen molar-refractivity contribution in [3.8, 4) is 0 Å². The van der Waals surface area contributed by atoms with Gasteiger partial charge in [0.1, 0.15) is 11.4 Å². The van der Waals surface area contributed by atoms with Crippen molar-refractivity contribution in [1.29, 1.82) is 0 Å². The number of nitrogens with zero attached hydrogens (tertiary/aromatic N) is 1. The number of rotatable bonds is 4. The van der Waals surface area contributed by atoms with Gasteiger partial charge in [-0.1, -0.05) is 12.1 Å².